The maximum Gasteiger partial charge on any atom is 0.0586 e. The molecule has 0 saturated carbocycles. The fourth-order valence-electron chi connectivity index (χ4n) is 1.99. The third-order valence-corrected chi connectivity index (χ3v) is 3.13. The second-order valence-corrected chi connectivity index (χ2v) is 4.25. The first kappa shape index (κ1) is 11.3. The standard InChI is InChI=1S/C10H21NOS/c12-9-10-5-1-2-6-11(10)7-3-4-8-13/h10,12-13H,1-9H2. The number of thiol groups is 1. The van der Waals surface area contributed by atoms with Crippen molar-refractivity contribution in [2.24, 2.45) is 0 Å². The smallest absolute Gasteiger partial charge is 0.0586 e. The van der Waals surface area contributed by atoms with E-state index in [9.17, 15) is 0 Å². The maximum atomic E-state index is 9.16. The van der Waals surface area contributed by atoms with Gasteiger partial charge in [0.05, 0.1) is 6.61 Å². The van der Waals surface area contributed by atoms with Gasteiger partial charge in [-0.2, -0.15) is 12.6 Å². The second kappa shape index (κ2) is 6.68. The van der Waals surface area contributed by atoms with E-state index in [4.69, 9.17) is 5.11 Å². The Morgan fingerprint density at radius 2 is 2.15 bits per heavy atom. The van der Waals surface area contributed by atoms with E-state index in [1.165, 1.54) is 38.6 Å². The summed E-state index contributed by atoms with van der Waals surface area (Å²) >= 11 is 4.20. The molecule has 0 aromatic carbocycles. The van der Waals surface area contributed by atoms with Gasteiger partial charge in [0.25, 0.3) is 0 Å². The van der Waals surface area contributed by atoms with Gasteiger partial charge in [0.15, 0.2) is 0 Å². The van der Waals surface area contributed by atoms with Crippen molar-refractivity contribution in [1.82, 2.24) is 4.90 Å². The summed E-state index contributed by atoms with van der Waals surface area (Å²) in [6.07, 6.45) is 6.18. The third-order valence-electron chi connectivity index (χ3n) is 2.81. The second-order valence-electron chi connectivity index (χ2n) is 3.80. The monoisotopic (exact) mass is 203 g/mol. The van der Waals surface area contributed by atoms with E-state index in [1.54, 1.807) is 0 Å². The number of hydrogen-bond donors (Lipinski definition) is 2. The van der Waals surface area contributed by atoms with E-state index in [0.717, 1.165) is 12.3 Å². The van der Waals surface area contributed by atoms with Crippen LogP contribution in [-0.4, -0.2) is 41.5 Å². The summed E-state index contributed by atoms with van der Waals surface area (Å²) in [5, 5.41) is 9.16. The zero-order valence-corrected chi connectivity index (χ0v) is 9.18. The molecule has 3 heteroatoms. The summed E-state index contributed by atoms with van der Waals surface area (Å²) in [5.74, 6) is 0.984. The van der Waals surface area contributed by atoms with Crippen LogP contribution in [0.2, 0.25) is 0 Å². The Kier molecular flexibility index (Phi) is 5.83. The van der Waals surface area contributed by atoms with Crippen molar-refractivity contribution in [2.45, 2.75) is 38.1 Å². The Morgan fingerprint density at radius 3 is 2.85 bits per heavy atom. The van der Waals surface area contributed by atoms with Crippen molar-refractivity contribution in [3.05, 3.63) is 0 Å². The molecule has 1 fully saturated rings. The first-order valence-corrected chi connectivity index (χ1v) is 5.97. The molecule has 1 aliphatic rings. The Bertz CT molecular complexity index is 132. The maximum absolute atomic E-state index is 9.16. The molecule has 78 valence electrons. The topological polar surface area (TPSA) is 23.5 Å². The average molecular weight is 203 g/mol. The molecule has 1 N–H and O–H groups in total. The Labute approximate surface area is 86.7 Å². The van der Waals surface area contributed by atoms with Crippen LogP contribution in [0.5, 0.6) is 0 Å². The van der Waals surface area contributed by atoms with Crippen LogP contribution in [0.4, 0.5) is 0 Å². The largest absolute Gasteiger partial charge is 0.395 e. The van der Waals surface area contributed by atoms with E-state index in [-0.39, 0.29) is 0 Å². The van der Waals surface area contributed by atoms with Gasteiger partial charge in [-0.3, -0.25) is 4.90 Å². The first-order valence-electron chi connectivity index (χ1n) is 5.34. The molecule has 1 unspecified atom stereocenters. The van der Waals surface area contributed by atoms with Crippen molar-refractivity contribution in [2.75, 3.05) is 25.4 Å². The van der Waals surface area contributed by atoms with Gasteiger partial charge in [0.1, 0.15) is 0 Å². The van der Waals surface area contributed by atoms with Crippen LogP contribution in [0.25, 0.3) is 0 Å². The lowest BCUT2D eigenvalue weighted by atomic mass is 10.0. The van der Waals surface area contributed by atoms with Crippen LogP contribution in [0, 0.1) is 0 Å². The van der Waals surface area contributed by atoms with Gasteiger partial charge in [-0.1, -0.05) is 6.42 Å². The number of rotatable bonds is 5. The van der Waals surface area contributed by atoms with E-state index in [2.05, 4.69) is 17.5 Å². The van der Waals surface area contributed by atoms with E-state index >= 15 is 0 Å². The van der Waals surface area contributed by atoms with Crippen molar-refractivity contribution in [1.29, 1.82) is 0 Å². The number of hydrogen-bond acceptors (Lipinski definition) is 3. The van der Waals surface area contributed by atoms with E-state index < -0.39 is 0 Å². The highest BCUT2D eigenvalue weighted by atomic mass is 32.1. The summed E-state index contributed by atoms with van der Waals surface area (Å²) in [6, 6.07) is 0.439. The van der Waals surface area contributed by atoms with Crippen molar-refractivity contribution in [3.63, 3.8) is 0 Å². The zero-order chi connectivity index (χ0) is 9.52. The number of aliphatic hydroxyl groups is 1. The molecule has 1 atom stereocenters. The van der Waals surface area contributed by atoms with Crippen LogP contribution >= 0.6 is 12.6 Å². The number of aliphatic hydroxyl groups excluding tert-OH is 1. The molecule has 0 spiro atoms. The fourth-order valence-corrected chi connectivity index (χ4v) is 2.21. The Morgan fingerprint density at radius 1 is 1.31 bits per heavy atom. The summed E-state index contributed by atoms with van der Waals surface area (Å²) < 4.78 is 0. The quantitative estimate of drug-likeness (QED) is 0.523. The number of piperidine rings is 1. The number of unbranched alkanes of at least 4 members (excludes halogenated alkanes) is 1. The SMILES string of the molecule is OCC1CCCCN1CCCCS. The van der Waals surface area contributed by atoms with Gasteiger partial charge in [0, 0.05) is 6.04 Å². The molecule has 1 rings (SSSR count). The highest BCUT2D eigenvalue weighted by Crippen LogP contribution is 2.16. The number of likely N-dealkylation sites (tertiary alicyclic amines) is 1. The van der Waals surface area contributed by atoms with Crippen LogP contribution in [0.3, 0.4) is 0 Å². The van der Waals surface area contributed by atoms with Gasteiger partial charge >= 0.3 is 0 Å². The summed E-state index contributed by atoms with van der Waals surface area (Å²) in [5.41, 5.74) is 0. The fraction of sp³-hybridized carbons (Fsp3) is 1.00. The van der Waals surface area contributed by atoms with Crippen LogP contribution in [0.15, 0.2) is 0 Å². The summed E-state index contributed by atoms with van der Waals surface area (Å²) in [6.45, 7) is 2.66. The molecule has 0 radical (unpaired) electrons. The normalized spacial score (nSPS) is 24.9. The van der Waals surface area contributed by atoms with E-state index in [0.29, 0.717) is 12.6 Å². The molecule has 1 heterocycles. The number of nitrogens with zero attached hydrogens (tertiary/aromatic N) is 1. The lowest BCUT2D eigenvalue weighted by Gasteiger charge is -2.34. The van der Waals surface area contributed by atoms with Gasteiger partial charge < -0.3 is 5.11 Å². The molecule has 0 aromatic rings. The predicted molar refractivity (Wildman–Crippen MR) is 59.4 cm³/mol. The van der Waals surface area contributed by atoms with Gasteiger partial charge in [-0.05, 0) is 44.5 Å². The van der Waals surface area contributed by atoms with Crippen LogP contribution < -0.4 is 0 Å². The molecule has 0 aromatic heterocycles. The van der Waals surface area contributed by atoms with Crippen LogP contribution in [-0.2, 0) is 0 Å². The minimum atomic E-state index is 0.334. The Balaban J connectivity index is 2.19. The summed E-state index contributed by atoms with van der Waals surface area (Å²) in [4.78, 5) is 2.44. The van der Waals surface area contributed by atoms with Gasteiger partial charge in [0.2, 0.25) is 0 Å². The minimum Gasteiger partial charge on any atom is -0.395 e. The summed E-state index contributed by atoms with van der Waals surface area (Å²) in [7, 11) is 0. The minimum absolute atomic E-state index is 0.334. The van der Waals surface area contributed by atoms with Crippen molar-refractivity contribution < 1.29 is 5.11 Å². The molecule has 0 aliphatic carbocycles. The van der Waals surface area contributed by atoms with Crippen LogP contribution in [0.1, 0.15) is 32.1 Å². The third kappa shape index (κ3) is 3.88. The molecule has 2 nitrogen and oxygen atoms in total. The zero-order valence-electron chi connectivity index (χ0n) is 8.28. The van der Waals surface area contributed by atoms with Crippen molar-refractivity contribution >= 4 is 12.6 Å². The Hall–Kier alpha value is 0.270. The van der Waals surface area contributed by atoms with Crippen molar-refractivity contribution in [3.8, 4) is 0 Å². The average Bonchev–Trinajstić information content (AvgIpc) is 2.19. The molecule has 1 saturated heterocycles. The highest BCUT2D eigenvalue weighted by molar-refractivity contribution is 7.80. The highest BCUT2D eigenvalue weighted by Gasteiger charge is 2.20. The lowest BCUT2D eigenvalue weighted by molar-refractivity contribution is 0.0892. The molecular formula is C10H21NOS. The molecule has 0 bridgehead atoms. The molecule has 0 amide bonds. The molecule has 1 aliphatic heterocycles. The van der Waals surface area contributed by atoms with Gasteiger partial charge in [-0.25, -0.2) is 0 Å². The van der Waals surface area contributed by atoms with E-state index in [1.807, 2.05) is 0 Å². The van der Waals surface area contributed by atoms with Gasteiger partial charge in [-0.15, -0.1) is 0 Å². The molecule has 13 heavy (non-hydrogen) atoms. The molecular weight excluding hydrogens is 182 g/mol. The first-order chi connectivity index (χ1) is 6.38. The predicted octanol–water partition coefficient (Wildman–Crippen LogP) is 1.54. The lowest BCUT2D eigenvalue weighted by Crippen LogP contribution is -2.42.